The Bertz CT molecular complexity index is 334. The maximum atomic E-state index is 5.63. The molecule has 0 N–H and O–H groups in total. The highest BCUT2D eigenvalue weighted by molar-refractivity contribution is 9.10. The van der Waals surface area contributed by atoms with E-state index in [4.69, 9.17) is 14.2 Å². The van der Waals surface area contributed by atoms with Crippen molar-refractivity contribution in [3.63, 3.8) is 0 Å². The summed E-state index contributed by atoms with van der Waals surface area (Å²) in [6.07, 6.45) is 0. The average molecular weight is 273 g/mol. The van der Waals surface area contributed by atoms with Crippen molar-refractivity contribution < 1.29 is 14.2 Å². The van der Waals surface area contributed by atoms with Gasteiger partial charge in [-0.15, -0.1) is 0 Å². The third kappa shape index (κ3) is 2.71. The van der Waals surface area contributed by atoms with E-state index in [0.29, 0.717) is 19.8 Å². The van der Waals surface area contributed by atoms with Crippen LogP contribution >= 0.6 is 15.9 Å². The number of hydrogen-bond donors (Lipinski definition) is 0. The Balaban J connectivity index is 1.95. The molecule has 1 aliphatic heterocycles. The van der Waals surface area contributed by atoms with Gasteiger partial charge in [-0.2, -0.15) is 0 Å². The van der Waals surface area contributed by atoms with E-state index in [1.54, 1.807) is 0 Å². The zero-order valence-electron chi connectivity index (χ0n) is 8.53. The van der Waals surface area contributed by atoms with Gasteiger partial charge in [0, 0.05) is 0 Å². The molecule has 3 nitrogen and oxygen atoms in total. The molecule has 1 saturated heterocycles. The zero-order chi connectivity index (χ0) is 10.7. The summed E-state index contributed by atoms with van der Waals surface area (Å²) in [6, 6.07) is 7.72. The molecule has 0 unspecified atom stereocenters. The van der Waals surface area contributed by atoms with Gasteiger partial charge >= 0.3 is 0 Å². The first-order valence-electron chi connectivity index (χ1n) is 4.85. The molecular formula is C11H13BrO3. The van der Waals surface area contributed by atoms with Crippen molar-refractivity contribution in [2.75, 3.05) is 19.8 Å². The number of benzene rings is 1. The van der Waals surface area contributed by atoms with Gasteiger partial charge in [0.2, 0.25) is 0 Å². The molecule has 1 fully saturated rings. The average Bonchev–Trinajstić information content (AvgIpc) is 2.65. The number of hydrogen-bond acceptors (Lipinski definition) is 3. The fourth-order valence-corrected chi connectivity index (χ4v) is 1.81. The Morgan fingerprint density at radius 3 is 2.67 bits per heavy atom. The van der Waals surface area contributed by atoms with Crippen LogP contribution in [0.2, 0.25) is 0 Å². The Labute approximate surface area is 97.5 Å². The van der Waals surface area contributed by atoms with Crippen LogP contribution in [0, 0.1) is 0 Å². The second-order valence-corrected chi connectivity index (χ2v) is 4.40. The highest BCUT2D eigenvalue weighted by atomic mass is 79.9. The van der Waals surface area contributed by atoms with E-state index in [2.05, 4.69) is 15.9 Å². The van der Waals surface area contributed by atoms with Crippen LogP contribution in [-0.4, -0.2) is 25.6 Å². The van der Waals surface area contributed by atoms with E-state index >= 15 is 0 Å². The van der Waals surface area contributed by atoms with Gasteiger partial charge < -0.3 is 14.2 Å². The first-order chi connectivity index (χ1) is 7.20. The quantitative estimate of drug-likeness (QED) is 0.847. The predicted octanol–water partition coefficient (Wildman–Crippen LogP) is 2.59. The first kappa shape index (κ1) is 10.9. The van der Waals surface area contributed by atoms with Crippen molar-refractivity contribution in [3.05, 3.63) is 28.7 Å². The summed E-state index contributed by atoms with van der Waals surface area (Å²) in [5, 5.41) is 0. The van der Waals surface area contributed by atoms with Crippen molar-refractivity contribution in [2.45, 2.75) is 12.7 Å². The minimum absolute atomic E-state index is 0.398. The third-order valence-corrected chi connectivity index (χ3v) is 2.88. The molecule has 0 aromatic heterocycles. The van der Waals surface area contributed by atoms with E-state index < -0.39 is 5.79 Å². The summed E-state index contributed by atoms with van der Waals surface area (Å²) in [7, 11) is 0. The third-order valence-electron chi connectivity index (χ3n) is 2.22. The standard InChI is InChI=1S/C11H13BrO3/c1-11(14-6-7-15-11)8-13-10-5-3-2-4-9(10)12/h2-5H,6-8H2,1H3. The van der Waals surface area contributed by atoms with Crippen LogP contribution in [0.25, 0.3) is 0 Å². The number of ether oxygens (including phenoxy) is 3. The van der Waals surface area contributed by atoms with Crippen molar-refractivity contribution in [1.29, 1.82) is 0 Å². The molecule has 1 heterocycles. The van der Waals surface area contributed by atoms with E-state index in [-0.39, 0.29) is 0 Å². The van der Waals surface area contributed by atoms with Gasteiger partial charge in [-0.1, -0.05) is 12.1 Å². The molecule has 0 spiro atoms. The summed E-state index contributed by atoms with van der Waals surface area (Å²) in [5.74, 6) is 0.202. The molecular weight excluding hydrogens is 260 g/mol. The highest BCUT2D eigenvalue weighted by Crippen LogP contribution is 2.26. The fourth-order valence-electron chi connectivity index (χ4n) is 1.41. The lowest BCUT2D eigenvalue weighted by atomic mass is 10.3. The Morgan fingerprint density at radius 2 is 2.00 bits per heavy atom. The van der Waals surface area contributed by atoms with Crippen LogP contribution < -0.4 is 4.74 Å². The normalized spacial score (nSPS) is 19.1. The molecule has 15 heavy (non-hydrogen) atoms. The van der Waals surface area contributed by atoms with Crippen molar-refractivity contribution in [1.82, 2.24) is 0 Å². The molecule has 0 bridgehead atoms. The van der Waals surface area contributed by atoms with Crippen LogP contribution in [0.4, 0.5) is 0 Å². The monoisotopic (exact) mass is 272 g/mol. The molecule has 0 saturated carbocycles. The van der Waals surface area contributed by atoms with Crippen LogP contribution in [0.3, 0.4) is 0 Å². The summed E-state index contributed by atoms with van der Waals surface area (Å²) in [6.45, 7) is 3.55. The SMILES string of the molecule is CC1(COc2ccccc2Br)OCCO1. The first-order valence-corrected chi connectivity index (χ1v) is 5.64. The lowest BCUT2D eigenvalue weighted by molar-refractivity contribution is -0.162. The highest BCUT2D eigenvalue weighted by Gasteiger charge is 2.31. The Kier molecular flexibility index (Phi) is 3.29. The van der Waals surface area contributed by atoms with Crippen molar-refractivity contribution >= 4 is 15.9 Å². The Morgan fingerprint density at radius 1 is 1.33 bits per heavy atom. The maximum absolute atomic E-state index is 5.63. The van der Waals surface area contributed by atoms with Crippen LogP contribution in [0.1, 0.15) is 6.92 Å². The van der Waals surface area contributed by atoms with Gasteiger partial charge in [0.25, 0.3) is 0 Å². The van der Waals surface area contributed by atoms with Gasteiger partial charge in [-0.05, 0) is 35.0 Å². The topological polar surface area (TPSA) is 27.7 Å². The van der Waals surface area contributed by atoms with Crippen LogP contribution in [0.5, 0.6) is 5.75 Å². The van der Waals surface area contributed by atoms with Crippen LogP contribution in [0.15, 0.2) is 28.7 Å². The molecule has 0 aliphatic carbocycles. The summed E-state index contributed by atoms with van der Waals surface area (Å²) < 4.78 is 17.4. The molecule has 1 aromatic carbocycles. The smallest absolute Gasteiger partial charge is 0.200 e. The van der Waals surface area contributed by atoms with Gasteiger partial charge in [0.05, 0.1) is 17.7 Å². The molecule has 0 atom stereocenters. The van der Waals surface area contributed by atoms with E-state index in [1.165, 1.54) is 0 Å². The number of halogens is 1. The molecule has 2 rings (SSSR count). The summed E-state index contributed by atoms with van der Waals surface area (Å²) in [4.78, 5) is 0. The van der Waals surface area contributed by atoms with Crippen molar-refractivity contribution in [3.8, 4) is 5.75 Å². The van der Waals surface area contributed by atoms with Crippen molar-refractivity contribution in [2.24, 2.45) is 0 Å². The lowest BCUT2D eigenvalue weighted by Crippen LogP contribution is -2.33. The van der Waals surface area contributed by atoms with Gasteiger partial charge in [0.1, 0.15) is 12.4 Å². The van der Waals surface area contributed by atoms with Gasteiger partial charge in [-0.25, -0.2) is 0 Å². The minimum Gasteiger partial charge on any atom is -0.487 e. The van der Waals surface area contributed by atoms with E-state index in [9.17, 15) is 0 Å². The lowest BCUT2D eigenvalue weighted by Gasteiger charge is -2.22. The fraction of sp³-hybridized carbons (Fsp3) is 0.455. The zero-order valence-corrected chi connectivity index (χ0v) is 10.1. The summed E-state index contributed by atoms with van der Waals surface area (Å²) in [5.41, 5.74) is 0. The molecule has 1 aliphatic rings. The van der Waals surface area contributed by atoms with E-state index in [1.807, 2.05) is 31.2 Å². The number of rotatable bonds is 3. The van der Waals surface area contributed by atoms with Gasteiger partial charge in [-0.3, -0.25) is 0 Å². The second-order valence-electron chi connectivity index (χ2n) is 3.55. The molecule has 0 amide bonds. The summed E-state index contributed by atoms with van der Waals surface area (Å²) >= 11 is 3.42. The van der Waals surface area contributed by atoms with Gasteiger partial charge in [0.15, 0.2) is 5.79 Å². The Hall–Kier alpha value is -0.580. The van der Waals surface area contributed by atoms with E-state index in [0.717, 1.165) is 10.2 Å². The largest absolute Gasteiger partial charge is 0.487 e. The van der Waals surface area contributed by atoms with Crippen LogP contribution in [-0.2, 0) is 9.47 Å². The molecule has 82 valence electrons. The maximum Gasteiger partial charge on any atom is 0.200 e. The second kappa shape index (κ2) is 4.51. The molecule has 4 heteroatoms. The minimum atomic E-state index is -0.602. The molecule has 0 radical (unpaired) electrons. The molecule has 1 aromatic rings. The predicted molar refractivity (Wildman–Crippen MR) is 59.9 cm³/mol. The number of para-hydroxylation sites is 1.